The van der Waals surface area contributed by atoms with E-state index in [2.05, 4.69) is 4.90 Å². The molecule has 5 heteroatoms. The van der Waals surface area contributed by atoms with Crippen molar-refractivity contribution in [3.63, 3.8) is 0 Å². The van der Waals surface area contributed by atoms with E-state index in [1.807, 2.05) is 73.5 Å². The highest BCUT2D eigenvalue weighted by atomic mass is 16.5. The lowest BCUT2D eigenvalue weighted by atomic mass is 10.00. The van der Waals surface area contributed by atoms with Gasteiger partial charge < -0.3 is 9.64 Å². The van der Waals surface area contributed by atoms with E-state index in [4.69, 9.17) is 4.74 Å². The van der Waals surface area contributed by atoms with Crippen LogP contribution < -0.4 is 4.90 Å². The highest BCUT2D eigenvalue weighted by molar-refractivity contribution is 6.01. The average Bonchev–Trinajstić information content (AvgIpc) is 2.75. The van der Waals surface area contributed by atoms with Crippen LogP contribution in [-0.4, -0.2) is 62.4 Å². The maximum atomic E-state index is 13.0. The molecule has 0 aliphatic carbocycles. The zero-order chi connectivity index (χ0) is 19.9. The number of ketones is 2. The van der Waals surface area contributed by atoms with Crippen molar-refractivity contribution >= 4 is 17.3 Å². The molecule has 1 aliphatic heterocycles. The smallest absolute Gasteiger partial charge is 0.179 e. The van der Waals surface area contributed by atoms with Gasteiger partial charge in [-0.25, -0.2) is 0 Å². The molecule has 1 unspecified atom stereocenters. The average molecular weight is 380 g/mol. The predicted molar refractivity (Wildman–Crippen MR) is 111 cm³/mol. The zero-order valence-corrected chi connectivity index (χ0v) is 16.6. The third kappa shape index (κ3) is 4.86. The number of likely N-dealkylation sites (N-methyl/N-ethyl adjacent to an activating group) is 1. The summed E-state index contributed by atoms with van der Waals surface area (Å²) in [5.41, 5.74) is 2.47. The summed E-state index contributed by atoms with van der Waals surface area (Å²) in [6, 6.07) is 16.7. The van der Waals surface area contributed by atoms with Crippen LogP contribution in [0.3, 0.4) is 0 Å². The van der Waals surface area contributed by atoms with Crippen LogP contribution in [0.25, 0.3) is 0 Å². The van der Waals surface area contributed by atoms with Crippen LogP contribution >= 0.6 is 0 Å². The van der Waals surface area contributed by atoms with Crippen LogP contribution in [0.4, 0.5) is 5.69 Å². The van der Waals surface area contributed by atoms with Crippen molar-refractivity contribution in [2.75, 3.05) is 44.8 Å². The number of morpholine rings is 1. The molecule has 0 amide bonds. The number of ether oxygens (including phenoxy) is 1. The first kappa shape index (κ1) is 20.2. The summed E-state index contributed by atoms with van der Waals surface area (Å²) in [5.74, 6) is 0.0800. The van der Waals surface area contributed by atoms with E-state index in [1.54, 1.807) is 0 Å². The monoisotopic (exact) mass is 380 g/mol. The number of carbonyl (C=O) groups is 2. The van der Waals surface area contributed by atoms with E-state index >= 15 is 0 Å². The van der Waals surface area contributed by atoms with Crippen LogP contribution in [0.15, 0.2) is 54.6 Å². The van der Waals surface area contributed by atoms with Gasteiger partial charge in [0.15, 0.2) is 11.6 Å². The molecule has 1 atom stereocenters. The second-order valence-electron chi connectivity index (χ2n) is 7.14. The fourth-order valence-electron chi connectivity index (χ4n) is 3.60. The van der Waals surface area contributed by atoms with Crippen molar-refractivity contribution in [1.29, 1.82) is 0 Å². The van der Waals surface area contributed by atoms with Gasteiger partial charge in [0.2, 0.25) is 0 Å². The van der Waals surface area contributed by atoms with Crippen LogP contribution in [0.5, 0.6) is 0 Å². The number of rotatable bonds is 8. The quantitative estimate of drug-likeness (QED) is 0.658. The molecule has 3 rings (SSSR count). The first-order valence-electron chi connectivity index (χ1n) is 9.85. The van der Waals surface area contributed by atoms with Crippen molar-refractivity contribution in [2.45, 2.75) is 19.4 Å². The highest BCUT2D eigenvalue weighted by Gasteiger charge is 2.24. The molecule has 1 aliphatic rings. The van der Waals surface area contributed by atoms with Crippen LogP contribution in [0.2, 0.25) is 0 Å². The molecule has 0 spiro atoms. The summed E-state index contributed by atoms with van der Waals surface area (Å²) in [7, 11) is 1.84. The number of carbonyl (C=O) groups excluding carboxylic acids is 2. The Labute approximate surface area is 166 Å². The lowest BCUT2D eigenvalue weighted by Gasteiger charge is -2.29. The van der Waals surface area contributed by atoms with E-state index in [0.29, 0.717) is 17.5 Å². The maximum Gasteiger partial charge on any atom is 0.179 e. The summed E-state index contributed by atoms with van der Waals surface area (Å²) < 4.78 is 5.39. The van der Waals surface area contributed by atoms with Crippen LogP contribution in [-0.2, 0) is 4.74 Å². The summed E-state index contributed by atoms with van der Waals surface area (Å²) in [4.78, 5) is 29.6. The fourth-order valence-corrected chi connectivity index (χ4v) is 3.60. The summed E-state index contributed by atoms with van der Waals surface area (Å²) >= 11 is 0. The van der Waals surface area contributed by atoms with Gasteiger partial charge in [-0.05, 0) is 37.7 Å². The molecule has 0 N–H and O–H groups in total. The minimum atomic E-state index is -0.318. The molecule has 1 heterocycles. The standard InChI is InChI=1S/C23H28N2O3/c1-3-21(24(2)17-22(26)18-7-5-4-6-8-18)23(27)19-9-11-20(12-10-19)25-13-15-28-16-14-25/h4-12,21H,3,13-17H2,1-2H3. The molecular weight excluding hydrogens is 352 g/mol. The first-order chi connectivity index (χ1) is 13.6. The molecule has 0 aromatic heterocycles. The van der Waals surface area contributed by atoms with Crippen molar-refractivity contribution in [3.8, 4) is 0 Å². The van der Waals surface area contributed by atoms with E-state index in [-0.39, 0.29) is 24.2 Å². The topological polar surface area (TPSA) is 49.9 Å². The Hall–Kier alpha value is -2.50. The molecule has 28 heavy (non-hydrogen) atoms. The minimum absolute atomic E-state index is 0.0250. The van der Waals surface area contributed by atoms with Crippen LogP contribution in [0.1, 0.15) is 34.1 Å². The molecule has 0 radical (unpaired) electrons. The van der Waals surface area contributed by atoms with Gasteiger partial charge in [-0.2, -0.15) is 0 Å². The number of Topliss-reactive ketones (excluding diaryl/α,β-unsaturated/α-hetero) is 2. The van der Waals surface area contributed by atoms with Crippen molar-refractivity contribution < 1.29 is 14.3 Å². The second-order valence-corrected chi connectivity index (χ2v) is 7.14. The minimum Gasteiger partial charge on any atom is -0.378 e. The molecule has 0 bridgehead atoms. The van der Waals surface area contributed by atoms with Gasteiger partial charge in [0.1, 0.15) is 0 Å². The van der Waals surface area contributed by atoms with Gasteiger partial charge in [0.25, 0.3) is 0 Å². The zero-order valence-electron chi connectivity index (χ0n) is 16.6. The van der Waals surface area contributed by atoms with Gasteiger partial charge in [-0.15, -0.1) is 0 Å². The molecule has 2 aromatic carbocycles. The van der Waals surface area contributed by atoms with E-state index in [1.165, 1.54) is 0 Å². The Balaban J connectivity index is 1.65. The molecular formula is C23H28N2O3. The molecule has 2 aromatic rings. The molecule has 1 saturated heterocycles. The van der Waals surface area contributed by atoms with Gasteiger partial charge in [0, 0.05) is 29.9 Å². The second kappa shape index (κ2) is 9.62. The lowest BCUT2D eigenvalue weighted by Crippen LogP contribution is -2.41. The third-order valence-corrected chi connectivity index (χ3v) is 5.24. The van der Waals surface area contributed by atoms with Crippen molar-refractivity contribution in [1.82, 2.24) is 4.90 Å². The largest absolute Gasteiger partial charge is 0.378 e. The summed E-state index contributed by atoms with van der Waals surface area (Å²) in [6.07, 6.45) is 0.655. The van der Waals surface area contributed by atoms with Crippen LogP contribution in [0, 0.1) is 0 Å². The van der Waals surface area contributed by atoms with Crippen molar-refractivity contribution in [3.05, 3.63) is 65.7 Å². The molecule has 5 nitrogen and oxygen atoms in total. The van der Waals surface area contributed by atoms with E-state index < -0.39 is 0 Å². The highest BCUT2D eigenvalue weighted by Crippen LogP contribution is 2.19. The van der Waals surface area contributed by atoms with Gasteiger partial charge in [-0.1, -0.05) is 37.3 Å². The number of hydrogen-bond donors (Lipinski definition) is 0. The maximum absolute atomic E-state index is 13.0. The number of hydrogen-bond acceptors (Lipinski definition) is 5. The summed E-state index contributed by atoms with van der Waals surface area (Å²) in [5, 5.41) is 0. The number of nitrogens with zero attached hydrogens (tertiary/aromatic N) is 2. The first-order valence-corrected chi connectivity index (χ1v) is 9.85. The molecule has 148 valence electrons. The SMILES string of the molecule is CCC(C(=O)c1ccc(N2CCOCC2)cc1)N(C)CC(=O)c1ccccc1. The van der Waals surface area contributed by atoms with Gasteiger partial charge in [0.05, 0.1) is 25.8 Å². The number of benzene rings is 2. The number of anilines is 1. The Morgan fingerprint density at radius 3 is 2.25 bits per heavy atom. The Morgan fingerprint density at radius 1 is 1.00 bits per heavy atom. The van der Waals surface area contributed by atoms with E-state index in [9.17, 15) is 9.59 Å². The fraction of sp³-hybridized carbons (Fsp3) is 0.391. The van der Waals surface area contributed by atoms with Gasteiger partial charge in [-0.3, -0.25) is 14.5 Å². The normalized spacial score (nSPS) is 15.5. The third-order valence-electron chi connectivity index (χ3n) is 5.24. The van der Waals surface area contributed by atoms with Gasteiger partial charge >= 0.3 is 0 Å². The molecule has 1 fully saturated rings. The van der Waals surface area contributed by atoms with E-state index in [0.717, 1.165) is 32.0 Å². The molecule has 0 saturated carbocycles. The predicted octanol–water partition coefficient (Wildman–Crippen LogP) is 3.30. The Bertz CT molecular complexity index is 783. The van der Waals surface area contributed by atoms with Crippen molar-refractivity contribution in [2.24, 2.45) is 0 Å². The Kier molecular flexibility index (Phi) is 6.95. The lowest BCUT2D eigenvalue weighted by molar-refractivity contribution is 0.0802. The summed E-state index contributed by atoms with van der Waals surface area (Å²) in [6.45, 7) is 5.41. The Morgan fingerprint density at radius 2 is 1.64 bits per heavy atom.